The summed E-state index contributed by atoms with van der Waals surface area (Å²) >= 11 is 0. The van der Waals surface area contributed by atoms with Crippen LogP contribution in [0.25, 0.3) is 44.6 Å². The lowest BCUT2D eigenvalue weighted by molar-refractivity contribution is 0.0937. The van der Waals surface area contributed by atoms with E-state index in [1.54, 1.807) is 19.1 Å². The van der Waals surface area contributed by atoms with E-state index in [2.05, 4.69) is 40.5 Å². The summed E-state index contributed by atoms with van der Waals surface area (Å²) in [7, 11) is 0. The fourth-order valence-corrected chi connectivity index (χ4v) is 5.64. The van der Waals surface area contributed by atoms with Crippen LogP contribution in [0.4, 0.5) is 10.2 Å². The Morgan fingerprint density at radius 1 is 0.696 bits per heavy atom. The molecule has 0 atom stereocenters. The molecule has 0 saturated carbocycles. The van der Waals surface area contributed by atoms with E-state index >= 15 is 0 Å². The number of fused-ring (bicyclic) bond motifs is 4. The molecular weight excluding hydrogens is 591 g/mol. The second kappa shape index (κ2) is 12.3. The minimum absolute atomic E-state index is 0. The van der Waals surface area contributed by atoms with Crippen molar-refractivity contribution in [1.29, 1.82) is 0 Å². The summed E-state index contributed by atoms with van der Waals surface area (Å²) in [6, 6.07) is 15.0. The number of nitrogens with two attached hydrogens (primary N) is 1. The van der Waals surface area contributed by atoms with E-state index in [0.29, 0.717) is 41.1 Å². The molecule has 0 spiro atoms. The van der Waals surface area contributed by atoms with Crippen LogP contribution in [0.1, 0.15) is 43.5 Å². The number of amides is 2. The maximum Gasteiger partial charge on any atom is 0.253 e. The smallest absolute Gasteiger partial charge is 0.253 e. The largest absolute Gasteiger partial charge is 0.412 e. The Balaban J connectivity index is 0.000000174. The number of para-hydroxylation sites is 2. The molecule has 6 heterocycles. The molecule has 0 aliphatic carbocycles. The van der Waals surface area contributed by atoms with Gasteiger partial charge in [0.25, 0.3) is 11.8 Å². The number of H-pyrrole nitrogens is 2. The lowest BCUT2D eigenvalue weighted by atomic mass is 10.1. The van der Waals surface area contributed by atoms with Crippen LogP contribution in [0.3, 0.4) is 0 Å². The van der Waals surface area contributed by atoms with Crippen LogP contribution in [-0.4, -0.2) is 60.3 Å². The first kappa shape index (κ1) is 31.7. The van der Waals surface area contributed by atoms with Crippen LogP contribution in [0.15, 0.2) is 48.5 Å². The Morgan fingerprint density at radius 2 is 1.17 bits per heavy atom. The van der Waals surface area contributed by atoms with E-state index in [4.69, 9.17) is 5.73 Å². The van der Waals surface area contributed by atoms with Crippen molar-refractivity contribution in [1.82, 2.24) is 46.7 Å². The summed E-state index contributed by atoms with van der Waals surface area (Å²) in [5.41, 5.74) is 16.0. The van der Waals surface area contributed by atoms with Crippen molar-refractivity contribution >= 4 is 39.7 Å². The van der Waals surface area contributed by atoms with E-state index in [1.165, 1.54) is 0 Å². The molecule has 2 aliphatic heterocycles. The molecule has 2 aromatic carbocycles. The molecule has 0 unspecified atom stereocenters. The highest BCUT2D eigenvalue weighted by Crippen LogP contribution is 2.31. The van der Waals surface area contributed by atoms with E-state index in [9.17, 15) is 14.0 Å². The zero-order valence-corrected chi connectivity index (χ0v) is 25.2. The second-order valence-corrected chi connectivity index (χ2v) is 10.8. The molecule has 0 bridgehead atoms. The Bertz CT molecular complexity index is 1990. The minimum Gasteiger partial charge on any atom is -0.412 e. The van der Waals surface area contributed by atoms with Gasteiger partial charge in [0.15, 0.2) is 0 Å². The van der Waals surface area contributed by atoms with Gasteiger partial charge in [-0.1, -0.05) is 24.3 Å². The number of benzene rings is 2. The van der Waals surface area contributed by atoms with Crippen LogP contribution in [0, 0.1) is 19.8 Å². The first-order chi connectivity index (χ1) is 21.3. The van der Waals surface area contributed by atoms with Gasteiger partial charge in [-0.15, -0.1) is 0 Å². The van der Waals surface area contributed by atoms with Crippen molar-refractivity contribution < 1.29 is 19.5 Å². The highest BCUT2D eigenvalue weighted by atomic mass is 19.1. The summed E-state index contributed by atoms with van der Waals surface area (Å²) in [6.07, 6.45) is 1.56. The Morgan fingerprint density at radius 3 is 1.67 bits per heavy atom. The van der Waals surface area contributed by atoms with Crippen LogP contribution < -0.4 is 22.5 Å². The fourth-order valence-electron chi connectivity index (χ4n) is 5.64. The molecule has 6 aromatic rings. The minimum atomic E-state index is -0.575. The highest BCUT2D eigenvalue weighted by molar-refractivity contribution is 6.00. The summed E-state index contributed by atoms with van der Waals surface area (Å²) in [5.74, 6) is -0.273. The third kappa shape index (κ3) is 5.50. The number of aromatic nitrogens is 6. The van der Waals surface area contributed by atoms with Crippen LogP contribution >= 0.6 is 0 Å². The van der Waals surface area contributed by atoms with Crippen LogP contribution in [0.2, 0.25) is 0 Å². The topological polar surface area (TPSA) is 234 Å². The average Bonchev–Trinajstić information content (AvgIpc) is 3.65. The molecule has 4 aromatic heterocycles. The van der Waals surface area contributed by atoms with Gasteiger partial charge in [0.2, 0.25) is 5.95 Å². The Labute approximate surface area is 262 Å². The molecule has 46 heavy (non-hydrogen) atoms. The van der Waals surface area contributed by atoms with Gasteiger partial charge in [-0.3, -0.25) is 9.59 Å². The van der Waals surface area contributed by atoms with E-state index < -0.39 is 5.95 Å². The summed E-state index contributed by atoms with van der Waals surface area (Å²) in [5, 5.41) is 5.66. The molecular formula is C32H33FN10O3. The number of nitrogens with one attached hydrogen (secondary N) is 4. The third-order valence-electron chi connectivity index (χ3n) is 7.91. The maximum atomic E-state index is 13.8. The van der Waals surface area contributed by atoms with Gasteiger partial charge in [0.1, 0.15) is 16.9 Å². The first-order valence-corrected chi connectivity index (χ1v) is 14.2. The summed E-state index contributed by atoms with van der Waals surface area (Å²) in [6.45, 7) is 4.71. The number of nitrogens with zero attached hydrogens (tertiary/aromatic N) is 4. The molecule has 0 fully saturated rings. The molecule has 236 valence electrons. The standard InChI is InChI=1S/C16H13FN4O.C16H15N5O.H3N.H2O/c2*1-8-15(17)21-14-9(3-2-4-12(14)19-8)13-7-10-11(20-13)5-6-18-16(10)22;;/h2-4,7,20H,5-6H2,1H3,(H,18,22);2-4,7,20H,5-6H2,1H3,(H2,17,21)(H,18,22);1H3;1H2. The lowest BCUT2D eigenvalue weighted by Crippen LogP contribution is -2.31. The summed E-state index contributed by atoms with van der Waals surface area (Å²) < 4.78 is 13.8. The van der Waals surface area contributed by atoms with Crippen molar-refractivity contribution in [2.24, 2.45) is 0 Å². The van der Waals surface area contributed by atoms with E-state index in [1.807, 2.05) is 43.3 Å². The average molecular weight is 625 g/mol. The molecule has 14 heteroatoms. The molecule has 0 radical (unpaired) electrons. The number of anilines is 1. The Hall–Kier alpha value is -5.73. The number of hydrogen-bond acceptors (Lipinski definition) is 8. The normalized spacial score (nSPS) is 13.4. The predicted octanol–water partition coefficient (Wildman–Crippen LogP) is 3.50. The van der Waals surface area contributed by atoms with Gasteiger partial charge >= 0.3 is 0 Å². The molecule has 13 nitrogen and oxygen atoms in total. The predicted molar refractivity (Wildman–Crippen MR) is 173 cm³/mol. The van der Waals surface area contributed by atoms with E-state index in [0.717, 1.165) is 63.5 Å². The molecule has 2 amide bonds. The number of aryl methyl sites for hydroxylation is 2. The number of aromatic amines is 2. The van der Waals surface area contributed by atoms with Gasteiger partial charge in [-0.25, -0.2) is 19.9 Å². The van der Waals surface area contributed by atoms with Crippen LogP contribution in [-0.2, 0) is 12.8 Å². The second-order valence-electron chi connectivity index (χ2n) is 10.8. The molecule has 0 saturated heterocycles. The highest BCUT2D eigenvalue weighted by Gasteiger charge is 2.22. The van der Waals surface area contributed by atoms with Gasteiger partial charge in [0, 0.05) is 59.8 Å². The SMILES string of the molecule is Cc1nc2cccc(-c3cc4c([nH]3)CCNC4=O)c2nc1F.Cc1nc2cccc(-c3cc4c([nH]3)CCNC4=O)c2nc1N.N.O. The molecule has 8 rings (SSSR count). The number of nitrogen functional groups attached to an aromatic ring is 1. The zero-order valence-electron chi connectivity index (χ0n) is 25.2. The maximum absolute atomic E-state index is 13.8. The van der Waals surface area contributed by atoms with Crippen molar-refractivity contribution in [2.45, 2.75) is 26.7 Å². The lowest BCUT2D eigenvalue weighted by Gasteiger charge is -2.11. The van der Waals surface area contributed by atoms with Crippen molar-refractivity contribution in [3.8, 4) is 22.5 Å². The molecule has 2 aliphatic rings. The van der Waals surface area contributed by atoms with Crippen molar-refractivity contribution in [3.63, 3.8) is 0 Å². The number of carbonyl (C=O) groups excluding carboxylic acids is 2. The van der Waals surface area contributed by atoms with Crippen molar-refractivity contribution in [3.05, 3.63) is 88.4 Å². The molecule has 11 N–H and O–H groups in total. The van der Waals surface area contributed by atoms with Gasteiger partial charge < -0.3 is 38.0 Å². The number of rotatable bonds is 2. The number of carbonyl (C=O) groups is 2. The Kier molecular flexibility index (Phi) is 8.50. The number of hydrogen-bond donors (Lipinski definition) is 6. The van der Waals surface area contributed by atoms with Gasteiger partial charge in [-0.2, -0.15) is 4.39 Å². The zero-order chi connectivity index (χ0) is 30.5. The summed E-state index contributed by atoms with van der Waals surface area (Å²) in [4.78, 5) is 47.6. The number of halogens is 1. The quantitative estimate of drug-likeness (QED) is 0.166. The fraction of sp³-hybridized carbons (Fsp3) is 0.188. The first-order valence-electron chi connectivity index (χ1n) is 14.2. The monoisotopic (exact) mass is 624 g/mol. The van der Waals surface area contributed by atoms with Gasteiger partial charge in [-0.05, 0) is 38.1 Å². The van der Waals surface area contributed by atoms with Crippen molar-refractivity contribution in [2.75, 3.05) is 18.8 Å². The third-order valence-corrected chi connectivity index (χ3v) is 7.91. The van der Waals surface area contributed by atoms with E-state index in [-0.39, 0.29) is 29.1 Å². The van der Waals surface area contributed by atoms with Crippen LogP contribution in [0.5, 0.6) is 0 Å². The van der Waals surface area contributed by atoms with Gasteiger partial charge in [0.05, 0.1) is 33.5 Å².